The van der Waals surface area contributed by atoms with Crippen LogP contribution in [0.2, 0.25) is 0 Å². The Morgan fingerprint density at radius 1 is 0.968 bits per heavy atom. The highest BCUT2D eigenvalue weighted by Crippen LogP contribution is 2.24. The Balaban J connectivity index is 1.76. The van der Waals surface area contributed by atoms with Gasteiger partial charge >= 0.3 is 0 Å². The zero-order valence-corrected chi connectivity index (χ0v) is 18.4. The number of nitrogens with one attached hydrogen (secondary N) is 1. The first-order valence-corrected chi connectivity index (χ1v) is 10.4. The van der Waals surface area contributed by atoms with Gasteiger partial charge in [-0.2, -0.15) is 0 Å². The molecule has 0 aliphatic carbocycles. The molecule has 0 heterocycles. The first-order valence-electron chi connectivity index (χ1n) is 10.4. The maximum Gasteiger partial charge on any atom is 0.251 e. The van der Waals surface area contributed by atoms with Crippen LogP contribution < -0.4 is 14.8 Å². The molecule has 0 spiro atoms. The predicted octanol–water partition coefficient (Wildman–Crippen LogP) is 5.91. The monoisotopic (exact) mass is 421 g/mol. The van der Waals surface area contributed by atoms with E-state index in [1.807, 2.05) is 39.8 Å². The number of hydrogen-bond acceptors (Lipinski definition) is 3. The lowest BCUT2D eigenvalue weighted by molar-refractivity contribution is 0.0939. The molecule has 162 valence electrons. The smallest absolute Gasteiger partial charge is 0.251 e. The third-order valence-corrected chi connectivity index (χ3v) is 4.93. The SMILES string of the molecule is CCOc1ccc(C(=O)N[C@H](C)c2ccc(F)cc2)cc1COc1cc(C)cc(C)c1. The Hall–Kier alpha value is -3.34. The van der Waals surface area contributed by atoms with Crippen molar-refractivity contribution in [2.45, 2.75) is 40.3 Å². The average molecular weight is 422 g/mol. The van der Waals surface area contributed by atoms with Crippen LogP contribution in [0.15, 0.2) is 60.7 Å². The van der Waals surface area contributed by atoms with Crippen molar-refractivity contribution in [1.82, 2.24) is 5.32 Å². The Labute approximate surface area is 183 Å². The lowest BCUT2D eigenvalue weighted by atomic mass is 10.1. The first-order chi connectivity index (χ1) is 14.9. The average Bonchev–Trinajstić information content (AvgIpc) is 2.73. The molecule has 0 saturated heterocycles. The molecular weight excluding hydrogens is 393 g/mol. The molecule has 0 bridgehead atoms. The van der Waals surface area contributed by atoms with E-state index in [2.05, 4.69) is 11.4 Å². The Morgan fingerprint density at radius 3 is 2.29 bits per heavy atom. The van der Waals surface area contributed by atoms with E-state index in [-0.39, 0.29) is 24.4 Å². The number of carbonyl (C=O) groups is 1. The van der Waals surface area contributed by atoms with E-state index in [1.54, 1.807) is 30.3 Å². The quantitative estimate of drug-likeness (QED) is 0.492. The van der Waals surface area contributed by atoms with Gasteiger partial charge in [0.25, 0.3) is 5.91 Å². The van der Waals surface area contributed by atoms with E-state index in [4.69, 9.17) is 9.47 Å². The fourth-order valence-electron chi connectivity index (χ4n) is 3.42. The van der Waals surface area contributed by atoms with Crippen molar-refractivity contribution in [2.24, 2.45) is 0 Å². The van der Waals surface area contributed by atoms with E-state index in [9.17, 15) is 9.18 Å². The number of amides is 1. The summed E-state index contributed by atoms with van der Waals surface area (Å²) in [4.78, 5) is 12.8. The van der Waals surface area contributed by atoms with E-state index in [1.165, 1.54) is 12.1 Å². The van der Waals surface area contributed by atoms with Gasteiger partial charge in [-0.05, 0) is 86.8 Å². The summed E-state index contributed by atoms with van der Waals surface area (Å²) >= 11 is 0. The summed E-state index contributed by atoms with van der Waals surface area (Å²) in [6.07, 6.45) is 0. The molecule has 1 atom stereocenters. The third kappa shape index (κ3) is 6.07. The highest BCUT2D eigenvalue weighted by Gasteiger charge is 2.15. The number of benzene rings is 3. The van der Waals surface area contributed by atoms with E-state index >= 15 is 0 Å². The van der Waals surface area contributed by atoms with Crippen molar-refractivity contribution < 1.29 is 18.7 Å². The van der Waals surface area contributed by atoms with Crippen LogP contribution in [0.3, 0.4) is 0 Å². The van der Waals surface area contributed by atoms with Gasteiger partial charge in [-0.15, -0.1) is 0 Å². The predicted molar refractivity (Wildman–Crippen MR) is 120 cm³/mol. The standard InChI is InChI=1S/C26H28FNO3/c1-5-30-25-11-8-21(26(29)28-19(4)20-6-9-23(27)10-7-20)15-22(25)16-31-24-13-17(2)12-18(3)14-24/h6-15,19H,5,16H2,1-4H3,(H,28,29)/t19-/m1/s1. The molecule has 4 nitrogen and oxygen atoms in total. The Bertz CT molecular complexity index is 1030. The van der Waals surface area contributed by atoms with Crippen LogP contribution in [0.4, 0.5) is 4.39 Å². The Kier molecular flexibility index (Phi) is 7.29. The second-order valence-corrected chi connectivity index (χ2v) is 7.61. The first kappa shape index (κ1) is 22.3. The molecule has 3 aromatic rings. The van der Waals surface area contributed by atoms with Crippen LogP contribution in [-0.2, 0) is 6.61 Å². The zero-order valence-electron chi connectivity index (χ0n) is 18.4. The van der Waals surface area contributed by atoms with Gasteiger partial charge in [0.15, 0.2) is 0 Å². The van der Waals surface area contributed by atoms with Gasteiger partial charge in [-0.3, -0.25) is 4.79 Å². The molecule has 1 N–H and O–H groups in total. The van der Waals surface area contributed by atoms with E-state index < -0.39 is 0 Å². The second-order valence-electron chi connectivity index (χ2n) is 7.61. The normalized spacial score (nSPS) is 11.6. The number of hydrogen-bond donors (Lipinski definition) is 1. The molecule has 3 rings (SSSR count). The summed E-state index contributed by atoms with van der Waals surface area (Å²) in [5.74, 6) is 0.949. The van der Waals surface area contributed by atoms with Gasteiger partial charge in [0.1, 0.15) is 23.9 Å². The topological polar surface area (TPSA) is 47.6 Å². The summed E-state index contributed by atoms with van der Waals surface area (Å²) in [5, 5.41) is 2.96. The molecular formula is C26H28FNO3. The maximum absolute atomic E-state index is 13.2. The van der Waals surface area contributed by atoms with Crippen LogP contribution >= 0.6 is 0 Å². The van der Waals surface area contributed by atoms with Gasteiger partial charge in [0.2, 0.25) is 0 Å². The molecule has 0 aliphatic rings. The number of ether oxygens (including phenoxy) is 2. The molecule has 0 fully saturated rings. The lowest BCUT2D eigenvalue weighted by Crippen LogP contribution is -2.26. The van der Waals surface area contributed by atoms with E-state index in [0.717, 1.165) is 28.0 Å². The molecule has 0 saturated carbocycles. The summed E-state index contributed by atoms with van der Waals surface area (Å²) < 4.78 is 24.9. The summed E-state index contributed by atoms with van der Waals surface area (Å²) in [6, 6.07) is 17.2. The minimum absolute atomic E-state index is 0.215. The van der Waals surface area contributed by atoms with Crippen LogP contribution in [0.5, 0.6) is 11.5 Å². The summed E-state index contributed by atoms with van der Waals surface area (Å²) in [7, 11) is 0. The van der Waals surface area contributed by atoms with Gasteiger partial charge < -0.3 is 14.8 Å². The van der Waals surface area contributed by atoms with Gasteiger partial charge in [0, 0.05) is 11.1 Å². The van der Waals surface area contributed by atoms with Crippen molar-refractivity contribution in [3.8, 4) is 11.5 Å². The summed E-state index contributed by atoms with van der Waals surface area (Å²) in [6.45, 7) is 8.64. The molecule has 0 radical (unpaired) electrons. The Morgan fingerprint density at radius 2 is 1.65 bits per heavy atom. The molecule has 5 heteroatoms. The fourth-order valence-corrected chi connectivity index (χ4v) is 3.42. The minimum atomic E-state index is -0.303. The molecule has 31 heavy (non-hydrogen) atoms. The van der Waals surface area contributed by atoms with Crippen LogP contribution in [0.25, 0.3) is 0 Å². The van der Waals surface area contributed by atoms with Gasteiger partial charge in [-0.25, -0.2) is 4.39 Å². The number of halogens is 1. The molecule has 1 amide bonds. The third-order valence-electron chi connectivity index (χ3n) is 4.93. The van der Waals surface area contributed by atoms with Gasteiger partial charge in [-0.1, -0.05) is 18.2 Å². The van der Waals surface area contributed by atoms with Crippen molar-refractivity contribution in [3.05, 3.63) is 94.3 Å². The number of aryl methyl sites for hydroxylation is 2. The number of rotatable bonds is 8. The van der Waals surface area contributed by atoms with Crippen LogP contribution in [0, 0.1) is 19.7 Å². The van der Waals surface area contributed by atoms with Crippen molar-refractivity contribution in [2.75, 3.05) is 6.61 Å². The fraction of sp³-hybridized carbons (Fsp3) is 0.269. The molecule has 0 unspecified atom stereocenters. The minimum Gasteiger partial charge on any atom is -0.493 e. The van der Waals surface area contributed by atoms with Crippen LogP contribution in [0.1, 0.15) is 52.5 Å². The highest BCUT2D eigenvalue weighted by molar-refractivity contribution is 5.94. The second kappa shape index (κ2) is 10.1. The largest absolute Gasteiger partial charge is 0.493 e. The van der Waals surface area contributed by atoms with Crippen molar-refractivity contribution in [3.63, 3.8) is 0 Å². The number of carbonyl (C=O) groups excluding carboxylic acids is 1. The summed E-state index contributed by atoms with van der Waals surface area (Å²) in [5.41, 5.74) is 4.39. The lowest BCUT2D eigenvalue weighted by Gasteiger charge is -2.16. The maximum atomic E-state index is 13.2. The van der Waals surface area contributed by atoms with Gasteiger partial charge in [0.05, 0.1) is 12.6 Å². The van der Waals surface area contributed by atoms with Crippen molar-refractivity contribution >= 4 is 5.91 Å². The molecule has 0 aromatic heterocycles. The van der Waals surface area contributed by atoms with E-state index in [0.29, 0.717) is 17.9 Å². The molecule has 3 aromatic carbocycles. The highest BCUT2D eigenvalue weighted by atomic mass is 19.1. The van der Waals surface area contributed by atoms with Crippen molar-refractivity contribution in [1.29, 1.82) is 0 Å². The zero-order chi connectivity index (χ0) is 22.4. The molecule has 0 aliphatic heterocycles. The van der Waals surface area contributed by atoms with Crippen LogP contribution in [-0.4, -0.2) is 12.5 Å².